The molecule has 2 heterocycles. The third-order valence-corrected chi connectivity index (χ3v) is 16.5. The fourth-order valence-corrected chi connectivity index (χ4v) is 13.5. The number of rotatable bonds is 11. The van der Waals surface area contributed by atoms with E-state index in [0.717, 1.165) is 30.8 Å². The van der Waals surface area contributed by atoms with Crippen LogP contribution in [0.25, 0.3) is 0 Å². The van der Waals surface area contributed by atoms with Crippen LogP contribution >= 0.6 is 0 Å². The molecule has 0 radical (unpaired) electrons. The smallest absolute Gasteiger partial charge is 0.182 e. The molecule has 0 spiro atoms. The zero-order valence-electron chi connectivity index (χ0n) is 33.9. The molecule has 4 saturated carbocycles. The van der Waals surface area contributed by atoms with E-state index in [1.807, 2.05) is 25.3 Å². The van der Waals surface area contributed by atoms with Gasteiger partial charge in [-0.2, -0.15) is 0 Å². The molecule has 1 saturated heterocycles. The van der Waals surface area contributed by atoms with Crippen LogP contribution in [0, 0.1) is 46.3 Å². The van der Waals surface area contributed by atoms with Gasteiger partial charge in [-0.1, -0.05) is 46.1 Å². The number of nitrogens with one attached hydrogen (secondary N) is 2. The molecule has 2 aliphatic heterocycles. The quantitative estimate of drug-likeness (QED) is 0.149. The summed E-state index contributed by atoms with van der Waals surface area (Å²) in [4.78, 5) is 14.9. The Kier molecular flexibility index (Phi) is 11.6. The van der Waals surface area contributed by atoms with Crippen LogP contribution in [0.4, 0.5) is 0 Å². The number of nitrogens with two attached hydrogens (primary N) is 1. The van der Waals surface area contributed by atoms with Gasteiger partial charge in [0, 0.05) is 24.1 Å². The summed E-state index contributed by atoms with van der Waals surface area (Å²) >= 11 is 0. The highest BCUT2D eigenvalue weighted by Gasteiger charge is 2.71. The Hall–Kier alpha value is -1.83. The van der Waals surface area contributed by atoms with Gasteiger partial charge in [0.25, 0.3) is 0 Å². The highest BCUT2D eigenvalue weighted by atomic mass is 16.5. The van der Waals surface area contributed by atoms with E-state index in [1.54, 1.807) is 13.8 Å². The number of aliphatic hydroxyl groups excluding tert-OH is 4. The van der Waals surface area contributed by atoms with Crippen LogP contribution in [-0.2, 0) is 9.53 Å². The highest BCUT2D eigenvalue weighted by Crippen LogP contribution is 2.70. The number of carbonyl (C=O) groups excluding carboxylic acids is 1. The van der Waals surface area contributed by atoms with E-state index in [1.165, 1.54) is 19.3 Å². The van der Waals surface area contributed by atoms with Crippen molar-refractivity contribution in [3.63, 3.8) is 0 Å². The molecule has 7 aliphatic rings. The number of ether oxygens (including phenoxy) is 1. The summed E-state index contributed by atoms with van der Waals surface area (Å²) in [5.41, 5.74) is 3.21. The maximum Gasteiger partial charge on any atom is 0.182 e. The van der Waals surface area contributed by atoms with Crippen LogP contribution in [0.5, 0.6) is 0 Å². The van der Waals surface area contributed by atoms with Crippen LogP contribution in [0.15, 0.2) is 35.2 Å². The van der Waals surface area contributed by atoms with E-state index in [4.69, 9.17) is 10.5 Å². The van der Waals surface area contributed by atoms with Crippen molar-refractivity contribution in [1.82, 2.24) is 10.6 Å². The molecule has 0 bridgehead atoms. The molecule has 0 aromatic heterocycles. The molecule has 5 fully saturated rings. The number of dihydropyridines is 1. The summed E-state index contributed by atoms with van der Waals surface area (Å²) in [7, 11) is 0. The molecule has 11 nitrogen and oxygen atoms in total. The number of aliphatic hydroxyl groups is 6. The molecule has 5 aliphatic carbocycles. The first-order valence-corrected chi connectivity index (χ1v) is 21.7. The maximum atomic E-state index is 14.9. The standard InChI is InChI=1S/C44H71N3O8/c1-6-7-26-8-11-28-25(3)39(55-33(28)12-9-26)40(52)42(5,53)34-16-19-44(54)36-29(15-17-41(34,44)4)43(18-14-27-10-13-35(45)46-23-27)21-32(50)31(49)20-30(43)38(51)37(36)47-22-24(2)48/h10,13,23-26,28-35,39-40,46-50,52-54H,6-9,11-12,14-22,45H2,1-5H3. The first kappa shape index (κ1) is 41.3. The van der Waals surface area contributed by atoms with E-state index in [9.17, 15) is 35.4 Å². The van der Waals surface area contributed by atoms with Crippen LogP contribution in [0.2, 0.25) is 0 Å². The molecule has 11 heteroatoms. The number of fused-ring (bicyclic) bond motifs is 6. The molecule has 10 N–H and O–H groups in total. The fourth-order valence-electron chi connectivity index (χ4n) is 13.5. The zero-order chi connectivity index (χ0) is 39.7. The Bertz CT molecular complexity index is 1530. The summed E-state index contributed by atoms with van der Waals surface area (Å²) in [6, 6.07) is 0. The van der Waals surface area contributed by atoms with E-state index in [0.29, 0.717) is 55.7 Å². The van der Waals surface area contributed by atoms with E-state index >= 15 is 0 Å². The molecule has 17 atom stereocenters. The van der Waals surface area contributed by atoms with Gasteiger partial charge in [0.2, 0.25) is 0 Å². The average Bonchev–Trinajstić information content (AvgIpc) is 3.52. The molecule has 0 amide bonds. The van der Waals surface area contributed by atoms with E-state index in [2.05, 4.69) is 24.5 Å². The van der Waals surface area contributed by atoms with Gasteiger partial charge < -0.3 is 51.7 Å². The molecular formula is C44H71N3O8. The van der Waals surface area contributed by atoms with Crippen LogP contribution in [-0.4, -0.2) is 97.0 Å². The van der Waals surface area contributed by atoms with Crippen molar-refractivity contribution in [3.8, 4) is 0 Å². The lowest BCUT2D eigenvalue weighted by molar-refractivity contribution is -0.199. The second kappa shape index (κ2) is 15.4. The Morgan fingerprint density at radius 3 is 2.53 bits per heavy atom. The van der Waals surface area contributed by atoms with Crippen molar-refractivity contribution in [2.75, 3.05) is 6.54 Å². The number of carbonyl (C=O) groups is 1. The number of hydrogen-bond donors (Lipinski definition) is 9. The molecule has 55 heavy (non-hydrogen) atoms. The minimum atomic E-state index is -1.59. The molecule has 17 unspecified atom stereocenters. The van der Waals surface area contributed by atoms with Gasteiger partial charge in [-0.05, 0) is 137 Å². The predicted octanol–water partition coefficient (Wildman–Crippen LogP) is 3.70. The minimum absolute atomic E-state index is 0.0701. The predicted molar refractivity (Wildman–Crippen MR) is 210 cm³/mol. The van der Waals surface area contributed by atoms with Gasteiger partial charge in [0.05, 0.1) is 53.6 Å². The lowest BCUT2D eigenvalue weighted by Crippen LogP contribution is -2.65. The van der Waals surface area contributed by atoms with Gasteiger partial charge in [0.15, 0.2) is 5.78 Å². The SMILES string of the molecule is CCCC1CCC2OC(C(O)C(C)(O)C3CCC4(O)C5=C(NCC(C)O)C(=O)C6CC(O)C(O)CC6(CCC6=CNC(N)C=C6)C5CCC34C)C(C)C2CC1. The van der Waals surface area contributed by atoms with E-state index < -0.39 is 64.4 Å². The largest absolute Gasteiger partial charge is 0.392 e. The van der Waals surface area contributed by atoms with Gasteiger partial charge in [-0.15, -0.1) is 0 Å². The number of Topliss-reactive ketones (excluding diaryl/α,β-unsaturated/α-hetero) is 1. The van der Waals surface area contributed by atoms with Crippen LogP contribution in [0.1, 0.15) is 125 Å². The summed E-state index contributed by atoms with van der Waals surface area (Å²) in [5, 5.41) is 77.5. The van der Waals surface area contributed by atoms with Crippen LogP contribution < -0.4 is 16.4 Å². The second-order valence-corrected chi connectivity index (χ2v) is 19.6. The maximum absolute atomic E-state index is 14.9. The monoisotopic (exact) mass is 770 g/mol. The van der Waals surface area contributed by atoms with Gasteiger partial charge in [-0.25, -0.2) is 0 Å². The molecule has 310 valence electrons. The number of hydrogen-bond acceptors (Lipinski definition) is 11. The third kappa shape index (κ3) is 6.88. The highest BCUT2D eigenvalue weighted by molar-refractivity contribution is 6.00. The molecule has 0 aromatic carbocycles. The number of ketones is 1. The fraction of sp³-hybridized carbons (Fsp3) is 0.841. The molecule has 0 aromatic rings. The summed E-state index contributed by atoms with van der Waals surface area (Å²) in [6.45, 7) is 9.91. The van der Waals surface area contributed by atoms with Crippen molar-refractivity contribution in [1.29, 1.82) is 0 Å². The third-order valence-electron chi connectivity index (χ3n) is 16.5. The van der Waals surface area contributed by atoms with Crippen LogP contribution in [0.3, 0.4) is 0 Å². The summed E-state index contributed by atoms with van der Waals surface area (Å²) in [5.74, 6) is -0.463. The van der Waals surface area contributed by atoms with E-state index in [-0.39, 0.29) is 49.3 Å². The molecule has 7 rings (SSSR count). The topological polar surface area (TPSA) is 198 Å². The summed E-state index contributed by atoms with van der Waals surface area (Å²) < 4.78 is 6.71. The Morgan fingerprint density at radius 1 is 1.09 bits per heavy atom. The molecular weight excluding hydrogens is 698 g/mol. The van der Waals surface area contributed by atoms with Crippen molar-refractivity contribution < 1.29 is 40.2 Å². The lowest BCUT2D eigenvalue weighted by atomic mass is 9.43. The van der Waals surface area contributed by atoms with Crippen molar-refractivity contribution >= 4 is 5.78 Å². The first-order valence-electron chi connectivity index (χ1n) is 21.7. The minimum Gasteiger partial charge on any atom is -0.392 e. The Labute approximate surface area is 328 Å². The van der Waals surface area contributed by atoms with Gasteiger partial charge in [0.1, 0.15) is 6.10 Å². The van der Waals surface area contributed by atoms with Crippen molar-refractivity contribution in [2.45, 2.75) is 179 Å². The zero-order valence-corrected chi connectivity index (χ0v) is 33.9. The second-order valence-electron chi connectivity index (χ2n) is 19.6. The lowest BCUT2D eigenvalue weighted by Gasteiger charge is -2.62. The Morgan fingerprint density at radius 2 is 1.84 bits per heavy atom. The van der Waals surface area contributed by atoms with Gasteiger partial charge in [-0.3, -0.25) is 4.79 Å². The normalized spacial score (nSPS) is 46.3. The van der Waals surface area contributed by atoms with Crippen molar-refractivity contribution in [2.24, 2.45) is 52.1 Å². The van der Waals surface area contributed by atoms with Gasteiger partial charge >= 0.3 is 0 Å². The number of allylic oxidation sites excluding steroid dienone is 3. The first-order chi connectivity index (χ1) is 26.0. The Balaban J connectivity index is 1.22. The summed E-state index contributed by atoms with van der Waals surface area (Å²) in [6.07, 6.45) is 11.2. The average molecular weight is 770 g/mol. The van der Waals surface area contributed by atoms with Crippen molar-refractivity contribution in [3.05, 3.63) is 35.2 Å².